The van der Waals surface area contributed by atoms with Crippen LogP contribution in [0.2, 0.25) is 5.02 Å². The average molecular weight is 400 g/mol. The van der Waals surface area contributed by atoms with Gasteiger partial charge in [-0.3, -0.25) is 9.59 Å². The molecule has 26 heavy (non-hydrogen) atoms. The van der Waals surface area contributed by atoms with Crippen molar-refractivity contribution in [2.75, 3.05) is 19.6 Å². The van der Waals surface area contributed by atoms with Gasteiger partial charge < -0.3 is 16.0 Å². The van der Waals surface area contributed by atoms with Gasteiger partial charge in [0.05, 0.1) is 5.92 Å². The highest BCUT2D eigenvalue weighted by molar-refractivity contribution is 6.30. The van der Waals surface area contributed by atoms with Crippen LogP contribution in [-0.4, -0.2) is 42.4 Å². The lowest BCUT2D eigenvalue weighted by atomic mass is 9.95. The Morgan fingerprint density at radius 3 is 2.58 bits per heavy atom. The average Bonchev–Trinajstić information content (AvgIpc) is 3.09. The lowest BCUT2D eigenvalue weighted by Gasteiger charge is -2.33. The second kappa shape index (κ2) is 9.58. The van der Waals surface area contributed by atoms with Crippen LogP contribution in [-0.2, 0) is 4.79 Å². The first-order valence-corrected chi connectivity index (χ1v) is 9.51. The maximum Gasteiger partial charge on any atom is 0.253 e. The molecule has 1 aromatic rings. The standard InChI is InChI=1S/C19H26ClN3O2.ClH/c20-16-8-6-13(7-9-16)19(25)23-10-2-4-15(12-23)18(24)22-17-5-1-3-14(17)11-21;/h6-9,14-15,17H,1-5,10-12,21H2,(H,22,24);1H. The number of benzene rings is 1. The van der Waals surface area contributed by atoms with Crippen molar-refractivity contribution < 1.29 is 9.59 Å². The van der Waals surface area contributed by atoms with Gasteiger partial charge in [0.1, 0.15) is 0 Å². The van der Waals surface area contributed by atoms with Gasteiger partial charge in [-0.05, 0) is 62.4 Å². The molecule has 1 heterocycles. The van der Waals surface area contributed by atoms with Gasteiger partial charge in [-0.2, -0.15) is 0 Å². The Morgan fingerprint density at radius 1 is 1.15 bits per heavy atom. The summed E-state index contributed by atoms with van der Waals surface area (Å²) in [6.45, 7) is 1.80. The van der Waals surface area contributed by atoms with Crippen LogP contribution in [0.1, 0.15) is 42.5 Å². The van der Waals surface area contributed by atoms with E-state index in [1.807, 2.05) is 0 Å². The predicted octanol–water partition coefficient (Wildman–Crippen LogP) is 2.86. The minimum absolute atomic E-state index is 0. The van der Waals surface area contributed by atoms with Gasteiger partial charge in [-0.1, -0.05) is 18.0 Å². The molecule has 0 bridgehead atoms. The van der Waals surface area contributed by atoms with E-state index in [1.165, 1.54) is 0 Å². The van der Waals surface area contributed by atoms with Gasteiger partial charge in [0.15, 0.2) is 0 Å². The number of hydrogen-bond acceptors (Lipinski definition) is 3. The molecule has 2 fully saturated rings. The molecule has 2 aliphatic rings. The minimum atomic E-state index is -0.135. The zero-order chi connectivity index (χ0) is 17.8. The second-order valence-electron chi connectivity index (χ2n) is 7.14. The normalized spacial score (nSPS) is 25.5. The lowest BCUT2D eigenvalue weighted by molar-refractivity contribution is -0.127. The molecular weight excluding hydrogens is 373 g/mol. The number of rotatable bonds is 4. The van der Waals surface area contributed by atoms with Crippen molar-refractivity contribution >= 4 is 35.8 Å². The van der Waals surface area contributed by atoms with Crippen molar-refractivity contribution in [2.24, 2.45) is 17.6 Å². The zero-order valence-electron chi connectivity index (χ0n) is 14.8. The third kappa shape index (κ3) is 4.90. The highest BCUT2D eigenvalue weighted by atomic mass is 35.5. The first-order chi connectivity index (χ1) is 12.1. The smallest absolute Gasteiger partial charge is 0.253 e. The van der Waals surface area contributed by atoms with E-state index in [0.717, 1.165) is 32.1 Å². The van der Waals surface area contributed by atoms with Gasteiger partial charge in [0.25, 0.3) is 5.91 Å². The molecular formula is C19H27Cl2N3O2. The minimum Gasteiger partial charge on any atom is -0.353 e. The fourth-order valence-corrected chi connectivity index (χ4v) is 4.09. The Bertz CT molecular complexity index is 624. The van der Waals surface area contributed by atoms with Crippen LogP contribution in [0.3, 0.4) is 0 Å². The van der Waals surface area contributed by atoms with E-state index < -0.39 is 0 Å². The third-order valence-electron chi connectivity index (χ3n) is 5.46. The molecule has 5 nitrogen and oxygen atoms in total. The number of nitrogens with one attached hydrogen (secondary N) is 1. The number of halogens is 2. The summed E-state index contributed by atoms with van der Waals surface area (Å²) in [7, 11) is 0. The molecule has 3 N–H and O–H groups in total. The van der Waals surface area contributed by atoms with Crippen LogP contribution in [0, 0.1) is 11.8 Å². The van der Waals surface area contributed by atoms with Crippen molar-refractivity contribution in [2.45, 2.75) is 38.1 Å². The van der Waals surface area contributed by atoms with E-state index >= 15 is 0 Å². The predicted molar refractivity (Wildman–Crippen MR) is 106 cm³/mol. The molecule has 1 saturated carbocycles. The number of likely N-dealkylation sites (tertiary alicyclic amines) is 1. The number of carbonyl (C=O) groups is 2. The molecule has 0 radical (unpaired) electrons. The fourth-order valence-electron chi connectivity index (χ4n) is 3.96. The summed E-state index contributed by atoms with van der Waals surface area (Å²) in [4.78, 5) is 27.1. The summed E-state index contributed by atoms with van der Waals surface area (Å²) in [5, 5.41) is 3.79. The molecule has 1 aromatic carbocycles. The summed E-state index contributed by atoms with van der Waals surface area (Å²) in [6, 6.07) is 7.10. The van der Waals surface area contributed by atoms with Crippen molar-refractivity contribution in [3.8, 4) is 0 Å². The molecule has 1 aliphatic heterocycles. The van der Waals surface area contributed by atoms with Gasteiger partial charge in [0.2, 0.25) is 5.91 Å². The monoisotopic (exact) mass is 399 g/mol. The van der Waals surface area contributed by atoms with Crippen LogP contribution in [0.15, 0.2) is 24.3 Å². The molecule has 144 valence electrons. The molecule has 0 aromatic heterocycles. The fraction of sp³-hybridized carbons (Fsp3) is 0.579. The van der Waals surface area contributed by atoms with E-state index in [1.54, 1.807) is 29.2 Å². The molecule has 1 saturated heterocycles. The molecule has 3 unspecified atom stereocenters. The highest BCUT2D eigenvalue weighted by Gasteiger charge is 2.33. The zero-order valence-corrected chi connectivity index (χ0v) is 16.4. The van der Waals surface area contributed by atoms with Gasteiger partial charge in [0, 0.05) is 29.7 Å². The number of hydrogen-bond donors (Lipinski definition) is 2. The van der Waals surface area contributed by atoms with Crippen LogP contribution in [0.4, 0.5) is 0 Å². The summed E-state index contributed by atoms with van der Waals surface area (Å²) >= 11 is 5.88. The van der Waals surface area contributed by atoms with Crippen molar-refractivity contribution in [1.29, 1.82) is 0 Å². The van der Waals surface area contributed by atoms with Crippen molar-refractivity contribution in [3.63, 3.8) is 0 Å². The van der Waals surface area contributed by atoms with E-state index in [0.29, 0.717) is 36.1 Å². The van der Waals surface area contributed by atoms with E-state index in [2.05, 4.69) is 5.32 Å². The van der Waals surface area contributed by atoms with Crippen LogP contribution in [0.25, 0.3) is 0 Å². The van der Waals surface area contributed by atoms with E-state index in [4.69, 9.17) is 17.3 Å². The summed E-state index contributed by atoms with van der Waals surface area (Å²) in [6.07, 6.45) is 4.90. The maximum absolute atomic E-state index is 12.7. The van der Waals surface area contributed by atoms with Gasteiger partial charge in [-0.15, -0.1) is 12.4 Å². The topological polar surface area (TPSA) is 75.4 Å². The first kappa shape index (κ1) is 21.0. The maximum atomic E-state index is 12.7. The molecule has 3 atom stereocenters. The van der Waals surface area contributed by atoms with E-state index in [9.17, 15) is 9.59 Å². The Kier molecular flexibility index (Phi) is 7.74. The van der Waals surface area contributed by atoms with Crippen LogP contribution < -0.4 is 11.1 Å². The summed E-state index contributed by atoms with van der Waals surface area (Å²) in [5.41, 5.74) is 6.42. The Morgan fingerprint density at radius 2 is 1.88 bits per heavy atom. The Labute approximate surface area is 166 Å². The van der Waals surface area contributed by atoms with E-state index in [-0.39, 0.29) is 36.2 Å². The lowest BCUT2D eigenvalue weighted by Crippen LogP contribution is -2.48. The van der Waals surface area contributed by atoms with Crippen LogP contribution in [0.5, 0.6) is 0 Å². The molecule has 1 aliphatic carbocycles. The van der Waals surface area contributed by atoms with Gasteiger partial charge >= 0.3 is 0 Å². The molecule has 2 amide bonds. The van der Waals surface area contributed by atoms with Crippen LogP contribution >= 0.6 is 24.0 Å². The molecule has 3 rings (SSSR count). The summed E-state index contributed by atoms with van der Waals surface area (Å²) in [5.74, 6) is 0.289. The first-order valence-electron chi connectivity index (χ1n) is 9.13. The number of amides is 2. The number of piperidine rings is 1. The number of carbonyl (C=O) groups excluding carboxylic acids is 2. The third-order valence-corrected chi connectivity index (χ3v) is 5.71. The van der Waals surface area contributed by atoms with Gasteiger partial charge in [-0.25, -0.2) is 0 Å². The highest BCUT2D eigenvalue weighted by Crippen LogP contribution is 2.26. The molecule has 7 heteroatoms. The Hall–Kier alpha value is -1.30. The van der Waals surface area contributed by atoms with Crippen molar-refractivity contribution in [3.05, 3.63) is 34.9 Å². The SMILES string of the molecule is Cl.NCC1CCCC1NC(=O)C1CCCN(C(=O)c2ccc(Cl)cc2)C1. The molecule has 0 spiro atoms. The quantitative estimate of drug-likeness (QED) is 0.816. The summed E-state index contributed by atoms with van der Waals surface area (Å²) < 4.78 is 0. The number of nitrogens with zero attached hydrogens (tertiary/aromatic N) is 1. The van der Waals surface area contributed by atoms with Crippen molar-refractivity contribution in [1.82, 2.24) is 10.2 Å². The Balaban J connectivity index is 0.00000243. The second-order valence-corrected chi connectivity index (χ2v) is 7.58. The number of nitrogens with two attached hydrogens (primary N) is 1. The largest absolute Gasteiger partial charge is 0.353 e.